The Hall–Kier alpha value is -3.43. The van der Waals surface area contributed by atoms with E-state index in [-0.39, 0.29) is 11.5 Å². The molecular formula is C23H26F3N5O2. The van der Waals surface area contributed by atoms with Gasteiger partial charge >= 0.3 is 0 Å². The molecule has 7 nitrogen and oxygen atoms in total. The van der Waals surface area contributed by atoms with Gasteiger partial charge in [0.25, 0.3) is 5.91 Å². The maximum Gasteiger partial charge on any atom is 0.252 e. The molecular weight excluding hydrogens is 435 g/mol. The first-order chi connectivity index (χ1) is 15.3. The van der Waals surface area contributed by atoms with Crippen molar-refractivity contribution in [2.45, 2.75) is 53.0 Å². The summed E-state index contributed by atoms with van der Waals surface area (Å²) in [6, 6.07) is 3.26. The van der Waals surface area contributed by atoms with Crippen molar-refractivity contribution in [1.29, 1.82) is 0 Å². The maximum atomic E-state index is 13.8. The van der Waals surface area contributed by atoms with Crippen LogP contribution >= 0.6 is 0 Å². The number of nitrogens with one attached hydrogen (secondary N) is 2. The molecule has 0 aliphatic carbocycles. The number of anilines is 1. The van der Waals surface area contributed by atoms with Gasteiger partial charge < -0.3 is 10.6 Å². The number of aryl methyl sites for hydroxylation is 1. The van der Waals surface area contributed by atoms with Gasteiger partial charge in [0, 0.05) is 5.69 Å². The highest BCUT2D eigenvalue weighted by molar-refractivity contribution is 6.08. The summed E-state index contributed by atoms with van der Waals surface area (Å²) in [6.45, 7) is 11.1. The summed E-state index contributed by atoms with van der Waals surface area (Å²) in [6.07, 6.45) is 0. The molecule has 0 fully saturated rings. The average molecular weight is 461 g/mol. The number of amides is 2. The molecule has 2 heterocycles. The van der Waals surface area contributed by atoms with E-state index in [9.17, 15) is 22.8 Å². The van der Waals surface area contributed by atoms with E-state index < -0.39 is 41.5 Å². The highest BCUT2D eigenvalue weighted by Crippen LogP contribution is 2.29. The fraction of sp³-hybridized carbons (Fsp3) is 0.391. The number of halogens is 3. The minimum absolute atomic E-state index is 0.0317. The molecule has 0 aliphatic heterocycles. The summed E-state index contributed by atoms with van der Waals surface area (Å²) >= 11 is 0. The lowest BCUT2D eigenvalue weighted by molar-refractivity contribution is -0.115. The lowest BCUT2D eigenvalue weighted by Crippen LogP contribution is -2.33. The monoisotopic (exact) mass is 461 g/mol. The summed E-state index contributed by atoms with van der Waals surface area (Å²) in [5.74, 6) is -5.88. The SMILES string of the molecule is Cc1nn(C(C)(C)C)c2nc(C(C)C)cc(C(=O)NCC(=O)Nc3ccc(F)c(F)c3F)c12. The van der Waals surface area contributed by atoms with E-state index in [1.807, 2.05) is 34.6 Å². The minimum atomic E-state index is -1.69. The molecule has 0 spiro atoms. The van der Waals surface area contributed by atoms with Gasteiger partial charge in [-0.25, -0.2) is 22.8 Å². The lowest BCUT2D eigenvalue weighted by Gasteiger charge is -2.20. The first kappa shape index (κ1) is 24.2. The number of carbonyl (C=O) groups excluding carboxylic acids is 2. The van der Waals surface area contributed by atoms with Crippen LogP contribution in [-0.2, 0) is 10.3 Å². The Morgan fingerprint density at radius 1 is 1.12 bits per heavy atom. The number of aromatic nitrogens is 3. The Morgan fingerprint density at radius 3 is 2.39 bits per heavy atom. The number of benzene rings is 1. The van der Waals surface area contributed by atoms with Gasteiger partial charge in [-0.2, -0.15) is 5.10 Å². The van der Waals surface area contributed by atoms with Crippen molar-refractivity contribution in [2.75, 3.05) is 11.9 Å². The Labute approximate surface area is 189 Å². The van der Waals surface area contributed by atoms with Gasteiger partial charge in [-0.05, 0) is 51.8 Å². The van der Waals surface area contributed by atoms with E-state index in [1.54, 1.807) is 17.7 Å². The summed E-state index contributed by atoms with van der Waals surface area (Å²) in [7, 11) is 0. The molecule has 33 heavy (non-hydrogen) atoms. The third kappa shape index (κ3) is 4.84. The maximum absolute atomic E-state index is 13.8. The van der Waals surface area contributed by atoms with Crippen molar-refractivity contribution < 1.29 is 22.8 Å². The van der Waals surface area contributed by atoms with E-state index in [1.165, 1.54) is 0 Å². The lowest BCUT2D eigenvalue weighted by atomic mass is 10.0. The second kappa shape index (κ2) is 8.84. The number of nitrogens with zero attached hydrogens (tertiary/aromatic N) is 3. The molecule has 0 aliphatic rings. The van der Waals surface area contributed by atoms with Gasteiger partial charge in [0.2, 0.25) is 5.91 Å². The number of hydrogen-bond donors (Lipinski definition) is 2. The third-order valence-electron chi connectivity index (χ3n) is 5.02. The van der Waals surface area contributed by atoms with Crippen LogP contribution in [0.1, 0.15) is 62.3 Å². The van der Waals surface area contributed by atoms with Crippen LogP contribution in [0.15, 0.2) is 18.2 Å². The normalized spacial score (nSPS) is 11.8. The topological polar surface area (TPSA) is 88.9 Å². The Morgan fingerprint density at radius 2 is 1.79 bits per heavy atom. The van der Waals surface area contributed by atoms with E-state index in [4.69, 9.17) is 4.98 Å². The van der Waals surface area contributed by atoms with Crippen molar-refractivity contribution in [3.63, 3.8) is 0 Å². The molecule has 2 amide bonds. The van der Waals surface area contributed by atoms with Crippen LogP contribution in [0.5, 0.6) is 0 Å². The number of rotatable bonds is 5. The van der Waals surface area contributed by atoms with Gasteiger partial charge in [0.05, 0.1) is 34.4 Å². The molecule has 1 aromatic carbocycles. The van der Waals surface area contributed by atoms with E-state index >= 15 is 0 Å². The number of hydrogen-bond acceptors (Lipinski definition) is 4. The van der Waals surface area contributed by atoms with Gasteiger partial charge in [0.15, 0.2) is 23.1 Å². The van der Waals surface area contributed by atoms with Crippen molar-refractivity contribution >= 4 is 28.5 Å². The molecule has 0 atom stereocenters. The van der Waals surface area contributed by atoms with Gasteiger partial charge in [-0.1, -0.05) is 13.8 Å². The van der Waals surface area contributed by atoms with Crippen LogP contribution < -0.4 is 10.6 Å². The smallest absolute Gasteiger partial charge is 0.252 e. The molecule has 10 heteroatoms. The quantitative estimate of drug-likeness (QED) is 0.551. The zero-order valence-electron chi connectivity index (χ0n) is 19.3. The predicted molar refractivity (Wildman–Crippen MR) is 119 cm³/mol. The fourth-order valence-electron chi connectivity index (χ4n) is 3.32. The molecule has 0 unspecified atom stereocenters. The van der Waals surface area contributed by atoms with Gasteiger partial charge in [-0.3, -0.25) is 9.59 Å². The first-order valence-electron chi connectivity index (χ1n) is 10.4. The second-order valence-electron chi connectivity index (χ2n) is 9.07. The van der Waals surface area contributed by atoms with Crippen LogP contribution in [0.3, 0.4) is 0 Å². The van der Waals surface area contributed by atoms with Crippen molar-refractivity contribution in [3.8, 4) is 0 Å². The summed E-state index contributed by atoms with van der Waals surface area (Å²) in [5, 5.41) is 9.75. The Kier molecular flexibility index (Phi) is 6.49. The van der Waals surface area contributed by atoms with Gasteiger partial charge in [0.1, 0.15) is 0 Å². The number of fused-ring (bicyclic) bond motifs is 1. The largest absolute Gasteiger partial charge is 0.343 e. The van der Waals surface area contributed by atoms with Crippen LogP contribution in [0.2, 0.25) is 0 Å². The predicted octanol–water partition coefficient (Wildman–Crippen LogP) is 4.40. The summed E-state index contributed by atoms with van der Waals surface area (Å²) in [4.78, 5) is 29.9. The molecule has 3 rings (SSSR count). The first-order valence-corrected chi connectivity index (χ1v) is 10.4. The number of pyridine rings is 1. The standard InChI is InChI=1S/C23H26F3N5O2/c1-11(2)16-9-13(18-12(3)30-31(21(18)29-16)23(4,5)6)22(33)27-10-17(32)28-15-8-7-14(24)19(25)20(15)26/h7-9,11H,10H2,1-6H3,(H,27,33)(H,28,32). The van der Waals surface area contributed by atoms with Gasteiger partial charge in [-0.15, -0.1) is 0 Å². The summed E-state index contributed by atoms with van der Waals surface area (Å²) < 4.78 is 42.0. The average Bonchev–Trinajstić information content (AvgIpc) is 3.09. The molecule has 0 radical (unpaired) electrons. The van der Waals surface area contributed by atoms with Crippen LogP contribution in [0, 0.1) is 24.4 Å². The molecule has 0 saturated heterocycles. The zero-order chi connectivity index (χ0) is 24.7. The van der Waals surface area contributed by atoms with E-state index in [0.717, 1.165) is 6.07 Å². The molecule has 3 aromatic rings. The minimum Gasteiger partial charge on any atom is -0.343 e. The van der Waals surface area contributed by atoms with Crippen LogP contribution in [-0.4, -0.2) is 33.1 Å². The van der Waals surface area contributed by atoms with Crippen LogP contribution in [0.4, 0.5) is 18.9 Å². The molecule has 176 valence electrons. The van der Waals surface area contributed by atoms with E-state index in [0.29, 0.717) is 34.1 Å². The third-order valence-corrected chi connectivity index (χ3v) is 5.02. The fourth-order valence-corrected chi connectivity index (χ4v) is 3.32. The van der Waals surface area contributed by atoms with E-state index in [2.05, 4.69) is 15.7 Å². The molecule has 2 N–H and O–H groups in total. The van der Waals surface area contributed by atoms with Crippen molar-refractivity contribution in [3.05, 3.63) is 52.6 Å². The Bertz CT molecular complexity index is 1250. The second-order valence-corrected chi connectivity index (χ2v) is 9.07. The molecule has 0 saturated carbocycles. The molecule has 2 aromatic heterocycles. The zero-order valence-corrected chi connectivity index (χ0v) is 19.3. The summed E-state index contributed by atoms with van der Waals surface area (Å²) in [5.41, 5.74) is 1.27. The van der Waals surface area contributed by atoms with Crippen LogP contribution in [0.25, 0.3) is 11.0 Å². The highest BCUT2D eigenvalue weighted by atomic mass is 19.2. The Balaban J connectivity index is 1.88. The number of carbonyl (C=O) groups is 2. The molecule has 0 bridgehead atoms. The van der Waals surface area contributed by atoms with Crippen molar-refractivity contribution in [1.82, 2.24) is 20.1 Å². The van der Waals surface area contributed by atoms with Crippen molar-refractivity contribution in [2.24, 2.45) is 0 Å². The highest BCUT2D eigenvalue weighted by Gasteiger charge is 2.25.